The number of aromatic nitrogens is 2. The van der Waals surface area contributed by atoms with Crippen LogP contribution in [-0.4, -0.2) is 27.2 Å². The highest BCUT2D eigenvalue weighted by Crippen LogP contribution is 2.28. The molecule has 1 aliphatic carbocycles. The lowest BCUT2D eigenvalue weighted by Gasteiger charge is -2.28. The molecule has 2 atom stereocenters. The molecule has 0 aromatic carbocycles. The van der Waals surface area contributed by atoms with Gasteiger partial charge in [-0.1, -0.05) is 12.8 Å². The van der Waals surface area contributed by atoms with Crippen LogP contribution in [0.2, 0.25) is 0 Å². The molecule has 1 aromatic rings. The number of nitrogens with zero attached hydrogens (tertiary/aromatic N) is 2. The summed E-state index contributed by atoms with van der Waals surface area (Å²) < 4.78 is 37.4. The molecule has 1 aromatic heterocycles. The largest absolute Gasteiger partial charge is 0.433 e. The van der Waals surface area contributed by atoms with Gasteiger partial charge in [0.15, 0.2) is 0 Å². The number of aliphatic hydroxyl groups is 1. The van der Waals surface area contributed by atoms with Gasteiger partial charge in [-0.25, -0.2) is 9.97 Å². The minimum absolute atomic E-state index is 0.0872. The van der Waals surface area contributed by atoms with Crippen LogP contribution in [0.5, 0.6) is 0 Å². The van der Waals surface area contributed by atoms with E-state index in [1.165, 1.54) is 0 Å². The van der Waals surface area contributed by atoms with Crippen molar-refractivity contribution in [3.8, 4) is 0 Å². The molecule has 2 unspecified atom stereocenters. The monoisotopic (exact) mass is 261 g/mol. The Morgan fingerprint density at radius 1 is 1.28 bits per heavy atom. The van der Waals surface area contributed by atoms with Crippen LogP contribution < -0.4 is 5.32 Å². The Bertz CT molecular complexity index is 411. The van der Waals surface area contributed by atoms with Gasteiger partial charge in [0, 0.05) is 6.20 Å². The van der Waals surface area contributed by atoms with Gasteiger partial charge in [0.25, 0.3) is 0 Å². The molecule has 1 saturated carbocycles. The Labute approximate surface area is 102 Å². The van der Waals surface area contributed by atoms with E-state index in [2.05, 4.69) is 15.3 Å². The highest BCUT2D eigenvalue weighted by atomic mass is 19.4. The number of nitrogens with one attached hydrogen (secondary N) is 1. The van der Waals surface area contributed by atoms with E-state index >= 15 is 0 Å². The van der Waals surface area contributed by atoms with Crippen LogP contribution in [0.3, 0.4) is 0 Å². The number of hydrogen-bond acceptors (Lipinski definition) is 4. The maximum atomic E-state index is 12.5. The first-order chi connectivity index (χ1) is 8.47. The molecule has 1 heterocycles. The third kappa shape index (κ3) is 3.10. The second-order valence-electron chi connectivity index (χ2n) is 4.37. The summed E-state index contributed by atoms with van der Waals surface area (Å²) in [5.74, 6) is -0.0872. The van der Waals surface area contributed by atoms with Crippen molar-refractivity contribution in [2.24, 2.45) is 0 Å². The Morgan fingerprint density at radius 3 is 2.67 bits per heavy atom. The van der Waals surface area contributed by atoms with E-state index in [4.69, 9.17) is 0 Å². The van der Waals surface area contributed by atoms with Crippen molar-refractivity contribution in [1.29, 1.82) is 0 Å². The van der Waals surface area contributed by atoms with E-state index in [0.717, 1.165) is 25.1 Å². The zero-order chi connectivity index (χ0) is 13.2. The van der Waals surface area contributed by atoms with Gasteiger partial charge in [-0.2, -0.15) is 13.2 Å². The van der Waals surface area contributed by atoms with Crippen molar-refractivity contribution in [3.05, 3.63) is 18.0 Å². The summed E-state index contributed by atoms with van der Waals surface area (Å²) >= 11 is 0. The molecule has 2 N–H and O–H groups in total. The van der Waals surface area contributed by atoms with Crippen LogP contribution in [0.4, 0.5) is 19.1 Å². The van der Waals surface area contributed by atoms with Gasteiger partial charge in [0.05, 0.1) is 12.1 Å². The molecule has 0 amide bonds. The van der Waals surface area contributed by atoms with Crippen molar-refractivity contribution in [3.63, 3.8) is 0 Å². The Hall–Kier alpha value is -1.37. The van der Waals surface area contributed by atoms with Gasteiger partial charge >= 0.3 is 6.18 Å². The molecule has 0 spiro atoms. The first-order valence-electron chi connectivity index (χ1n) is 5.81. The van der Waals surface area contributed by atoms with Gasteiger partial charge in [0.2, 0.25) is 5.95 Å². The molecule has 0 bridgehead atoms. The third-order valence-corrected chi connectivity index (χ3v) is 2.99. The summed E-state index contributed by atoms with van der Waals surface area (Å²) in [5.41, 5.74) is -0.981. The zero-order valence-corrected chi connectivity index (χ0v) is 9.61. The van der Waals surface area contributed by atoms with Crippen LogP contribution in [0.15, 0.2) is 12.3 Å². The molecule has 0 aliphatic heterocycles. The van der Waals surface area contributed by atoms with E-state index in [1.807, 2.05) is 0 Å². The van der Waals surface area contributed by atoms with Crippen molar-refractivity contribution in [2.75, 3.05) is 5.32 Å². The second kappa shape index (κ2) is 5.09. The molecule has 18 heavy (non-hydrogen) atoms. The van der Waals surface area contributed by atoms with Crippen LogP contribution in [0, 0.1) is 0 Å². The van der Waals surface area contributed by atoms with Crippen LogP contribution in [-0.2, 0) is 6.18 Å². The zero-order valence-electron chi connectivity index (χ0n) is 9.61. The lowest BCUT2D eigenvalue weighted by Crippen LogP contribution is -2.37. The summed E-state index contributed by atoms with van der Waals surface area (Å²) in [6, 6.07) is 0.546. The summed E-state index contributed by atoms with van der Waals surface area (Å²) in [6.45, 7) is 0. The van der Waals surface area contributed by atoms with Gasteiger partial charge in [-0.3, -0.25) is 0 Å². The summed E-state index contributed by atoms with van der Waals surface area (Å²) in [6.07, 6.45) is -0.747. The molecule has 1 fully saturated rings. The van der Waals surface area contributed by atoms with E-state index in [1.54, 1.807) is 0 Å². The highest BCUT2D eigenvalue weighted by molar-refractivity contribution is 5.28. The van der Waals surface area contributed by atoms with Crippen LogP contribution in [0.25, 0.3) is 0 Å². The van der Waals surface area contributed by atoms with Crippen molar-refractivity contribution >= 4 is 5.95 Å². The lowest BCUT2D eigenvalue weighted by molar-refractivity contribution is -0.141. The molecule has 100 valence electrons. The minimum atomic E-state index is -4.48. The number of halogens is 3. The average Bonchev–Trinajstić information content (AvgIpc) is 2.31. The summed E-state index contributed by atoms with van der Waals surface area (Å²) in [5, 5.41) is 12.5. The van der Waals surface area contributed by atoms with Gasteiger partial charge in [-0.15, -0.1) is 0 Å². The molecule has 0 saturated heterocycles. The first-order valence-corrected chi connectivity index (χ1v) is 5.81. The Balaban J connectivity index is 2.09. The Morgan fingerprint density at radius 2 is 2.00 bits per heavy atom. The fraction of sp³-hybridized carbons (Fsp3) is 0.636. The highest BCUT2D eigenvalue weighted by Gasteiger charge is 2.33. The quantitative estimate of drug-likeness (QED) is 0.857. The third-order valence-electron chi connectivity index (χ3n) is 2.99. The number of anilines is 1. The van der Waals surface area contributed by atoms with Crippen LogP contribution >= 0.6 is 0 Å². The molecular weight excluding hydrogens is 247 g/mol. The fourth-order valence-electron chi connectivity index (χ4n) is 2.03. The summed E-state index contributed by atoms with van der Waals surface area (Å²) in [7, 11) is 0. The molecule has 4 nitrogen and oxygen atoms in total. The first kappa shape index (κ1) is 13.1. The molecule has 2 rings (SSSR count). The molecule has 7 heteroatoms. The van der Waals surface area contributed by atoms with E-state index in [-0.39, 0.29) is 12.0 Å². The number of aliphatic hydroxyl groups excluding tert-OH is 1. The van der Waals surface area contributed by atoms with E-state index in [9.17, 15) is 18.3 Å². The predicted molar refractivity (Wildman–Crippen MR) is 58.9 cm³/mol. The minimum Gasteiger partial charge on any atom is -0.391 e. The topological polar surface area (TPSA) is 58.0 Å². The standard InChI is InChI=1S/C11H14F3N3O/c12-11(13,14)9-5-6-15-10(17-9)16-7-3-1-2-4-8(7)18/h5-8,18H,1-4H2,(H,15,16,17). The number of alkyl halides is 3. The van der Waals surface area contributed by atoms with E-state index < -0.39 is 18.0 Å². The fourth-order valence-corrected chi connectivity index (χ4v) is 2.03. The van der Waals surface area contributed by atoms with Crippen molar-refractivity contribution in [2.45, 2.75) is 44.0 Å². The predicted octanol–water partition coefficient (Wildman–Crippen LogP) is 2.21. The number of rotatable bonds is 2. The van der Waals surface area contributed by atoms with Gasteiger partial charge < -0.3 is 10.4 Å². The number of hydrogen-bond donors (Lipinski definition) is 2. The van der Waals surface area contributed by atoms with Gasteiger partial charge in [0.1, 0.15) is 5.69 Å². The lowest BCUT2D eigenvalue weighted by atomic mass is 9.93. The maximum Gasteiger partial charge on any atom is 0.433 e. The van der Waals surface area contributed by atoms with Crippen molar-refractivity contribution < 1.29 is 18.3 Å². The molecule has 0 radical (unpaired) electrons. The van der Waals surface area contributed by atoms with E-state index in [0.29, 0.717) is 12.8 Å². The van der Waals surface area contributed by atoms with Crippen LogP contribution in [0.1, 0.15) is 31.4 Å². The maximum absolute atomic E-state index is 12.5. The summed E-state index contributed by atoms with van der Waals surface area (Å²) in [4.78, 5) is 7.16. The Kier molecular flexibility index (Phi) is 3.70. The molecular formula is C11H14F3N3O. The molecule has 1 aliphatic rings. The van der Waals surface area contributed by atoms with Crippen molar-refractivity contribution in [1.82, 2.24) is 9.97 Å². The smallest absolute Gasteiger partial charge is 0.391 e. The normalized spacial score (nSPS) is 24.9. The SMILES string of the molecule is OC1CCCCC1Nc1nccc(C(F)(F)F)n1. The second-order valence-corrected chi connectivity index (χ2v) is 4.37. The average molecular weight is 261 g/mol. The van der Waals surface area contributed by atoms with Gasteiger partial charge in [-0.05, 0) is 18.9 Å².